The molecule has 0 fully saturated rings. The van der Waals surface area contributed by atoms with Gasteiger partial charge >= 0.3 is 6.18 Å². The van der Waals surface area contributed by atoms with Gasteiger partial charge in [-0.15, -0.1) is 0 Å². The SMILES string of the molecule is OC(C=CSc1ccccc1)CCCCCCCCCCCCC(F)(F)F. The molecule has 1 aromatic carbocycles. The highest BCUT2D eigenvalue weighted by Gasteiger charge is 2.25. The molecule has 1 atom stereocenters. The fraction of sp³-hybridized carbons (Fsp3) is 0.636. The number of alkyl halides is 3. The van der Waals surface area contributed by atoms with Crippen molar-refractivity contribution >= 4 is 11.8 Å². The lowest BCUT2D eigenvalue weighted by Crippen LogP contribution is -2.06. The Labute approximate surface area is 166 Å². The van der Waals surface area contributed by atoms with Crippen molar-refractivity contribution in [2.24, 2.45) is 0 Å². The maximum atomic E-state index is 12.0. The summed E-state index contributed by atoms with van der Waals surface area (Å²) in [5.74, 6) is 0. The van der Waals surface area contributed by atoms with Gasteiger partial charge in [0.25, 0.3) is 0 Å². The molecule has 27 heavy (non-hydrogen) atoms. The van der Waals surface area contributed by atoms with Crippen molar-refractivity contribution in [2.75, 3.05) is 0 Å². The van der Waals surface area contributed by atoms with Crippen LogP contribution in [0.25, 0.3) is 0 Å². The second-order valence-electron chi connectivity index (χ2n) is 7.02. The van der Waals surface area contributed by atoms with Gasteiger partial charge < -0.3 is 5.11 Å². The molecule has 0 aliphatic rings. The molecule has 5 heteroatoms. The lowest BCUT2D eigenvalue weighted by Gasteiger charge is -2.06. The molecule has 1 rings (SSSR count). The van der Waals surface area contributed by atoms with Crippen LogP contribution in [-0.4, -0.2) is 17.4 Å². The maximum absolute atomic E-state index is 12.0. The van der Waals surface area contributed by atoms with Crippen LogP contribution in [0.3, 0.4) is 0 Å². The number of aliphatic hydroxyl groups excluding tert-OH is 1. The summed E-state index contributed by atoms with van der Waals surface area (Å²) in [6.07, 6.45) is 7.34. The number of aliphatic hydroxyl groups is 1. The molecular formula is C22H33F3OS. The van der Waals surface area contributed by atoms with Crippen molar-refractivity contribution in [1.29, 1.82) is 0 Å². The van der Waals surface area contributed by atoms with Gasteiger partial charge in [0.2, 0.25) is 0 Å². The van der Waals surface area contributed by atoms with Gasteiger partial charge in [-0.05, 0) is 36.5 Å². The van der Waals surface area contributed by atoms with E-state index in [0.29, 0.717) is 6.42 Å². The van der Waals surface area contributed by atoms with Crippen LogP contribution in [0.4, 0.5) is 13.2 Å². The first-order valence-corrected chi connectivity index (χ1v) is 11.0. The average Bonchev–Trinajstić information content (AvgIpc) is 2.62. The number of halogens is 3. The van der Waals surface area contributed by atoms with E-state index in [4.69, 9.17) is 0 Å². The minimum absolute atomic E-state index is 0.268. The summed E-state index contributed by atoms with van der Waals surface area (Å²) < 4.78 is 36.0. The van der Waals surface area contributed by atoms with Crippen molar-refractivity contribution in [3.63, 3.8) is 0 Å². The van der Waals surface area contributed by atoms with E-state index in [1.54, 1.807) is 11.8 Å². The molecule has 0 aliphatic carbocycles. The largest absolute Gasteiger partial charge is 0.389 e. The first-order valence-electron chi connectivity index (χ1n) is 10.1. The zero-order chi connectivity index (χ0) is 19.8. The molecule has 0 bridgehead atoms. The second-order valence-corrected chi connectivity index (χ2v) is 8.00. The summed E-state index contributed by atoms with van der Waals surface area (Å²) in [7, 11) is 0. The van der Waals surface area contributed by atoms with E-state index >= 15 is 0 Å². The standard InChI is InChI=1S/C22H33F3OS/c23-22(24,25)18-13-8-6-4-2-1-3-5-7-10-14-20(26)17-19-27-21-15-11-9-12-16-21/h9,11-12,15-17,19-20,26H,1-8,10,13-14,18H2. The maximum Gasteiger partial charge on any atom is 0.389 e. The molecule has 0 aromatic heterocycles. The monoisotopic (exact) mass is 402 g/mol. The number of unbranched alkanes of at least 4 members (excludes halogenated alkanes) is 9. The normalized spacial score (nSPS) is 13.3. The van der Waals surface area contributed by atoms with Gasteiger partial charge in [-0.1, -0.05) is 87.7 Å². The molecule has 0 radical (unpaired) electrons. The number of rotatable bonds is 15. The van der Waals surface area contributed by atoms with Gasteiger partial charge in [0.05, 0.1) is 6.10 Å². The summed E-state index contributed by atoms with van der Waals surface area (Å²) in [6.45, 7) is 0. The molecule has 0 saturated heterocycles. The van der Waals surface area contributed by atoms with Crippen molar-refractivity contribution in [3.8, 4) is 0 Å². The van der Waals surface area contributed by atoms with Crippen LogP contribution in [0.5, 0.6) is 0 Å². The molecule has 0 aliphatic heterocycles. The van der Waals surface area contributed by atoms with E-state index < -0.39 is 12.6 Å². The Kier molecular flexibility index (Phi) is 13.4. The fourth-order valence-electron chi connectivity index (χ4n) is 2.90. The van der Waals surface area contributed by atoms with E-state index in [1.807, 2.05) is 41.8 Å². The van der Waals surface area contributed by atoms with E-state index in [1.165, 1.54) is 17.7 Å². The quantitative estimate of drug-likeness (QED) is 0.238. The molecule has 1 N–H and O–H groups in total. The topological polar surface area (TPSA) is 20.2 Å². The van der Waals surface area contributed by atoms with Gasteiger partial charge in [0.1, 0.15) is 0 Å². The van der Waals surface area contributed by atoms with Gasteiger partial charge in [-0.2, -0.15) is 13.2 Å². The van der Waals surface area contributed by atoms with Crippen LogP contribution in [0.1, 0.15) is 77.0 Å². The van der Waals surface area contributed by atoms with Crippen LogP contribution < -0.4 is 0 Å². The number of hydrogen-bond acceptors (Lipinski definition) is 2. The number of thioether (sulfide) groups is 1. The smallest absolute Gasteiger partial charge is 0.389 e. The average molecular weight is 403 g/mol. The third-order valence-electron chi connectivity index (χ3n) is 4.46. The van der Waals surface area contributed by atoms with Crippen LogP contribution in [-0.2, 0) is 0 Å². The van der Waals surface area contributed by atoms with Crippen molar-refractivity contribution in [1.82, 2.24) is 0 Å². The number of benzene rings is 1. The Balaban J connectivity index is 1.85. The van der Waals surface area contributed by atoms with Crippen LogP contribution in [0, 0.1) is 0 Å². The molecular weight excluding hydrogens is 369 g/mol. The first-order chi connectivity index (χ1) is 13.0. The third-order valence-corrected chi connectivity index (χ3v) is 5.30. The molecule has 154 valence electrons. The summed E-state index contributed by atoms with van der Waals surface area (Å²) in [4.78, 5) is 1.17. The van der Waals surface area contributed by atoms with E-state index in [9.17, 15) is 18.3 Å². The molecule has 0 amide bonds. The fourth-order valence-corrected chi connectivity index (χ4v) is 3.63. The second kappa shape index (κ2) is 15.0. The molecule has 1 aromatic rings. The molecule has 0 heterocycles. The van der Waals surface area contributed by atoms with Crippen LogP contribution >= 0.6 is 11.8 Å². The lowest BCUT2D eigenvalue weighted by molar-refractivity contribution is -0.135. The highest BCUT2D eigenvalue weighted by atomic mass is 32.2. The minimum Gasteiger partial charge on any atom is -0.389 e. The minimum atomic E-state index is -4.00. The van der Waals surface area contributed by atoms with Crippen molar-refractivity contribution in [2.45, 2.75) is 94.2 Å². The summed E-state index contributed by atoms with van der Waals surface area (Å²) in [5.41, 5.74) is 0. The van der Waals surface area contributed by atoms with E-state index in [0.717, 1.165) is 44.9 Å². The summed E-state index contributed by atoms with van der Waals surface area (Å²) in [6, 6.07) is 10.1. The molecule has 0 saturated carbocycles. The van der Waals surface area contributed by atoms with Gasteiger partial charge in [-0.25, -0.2) is 0 Å². The Bertz CT molecular complexity index is 488. The zero-order valence-electron chi connectivity index (χ0n) is 16.1. The lowest BCUT2D eigenvalue weighted by atomic mass is 10.0. The van der Waals surface area contributed by atoms with Crippen molar-refractivity contribution < 1.29 is 18.3 Å². The Morgan fingerprint density at radius 3 is 1.89 bits per heavy atom. The first kappa shape index (κ1) is 24.1. The number of hydrogen-bond donors (Lipinski definition) is 1. The molecule has 0 spiro atoms. The van der Waals surface area contributed by atoms with Crippen LogP contribution in [0.2, 0.25) is 0 Å². The Morgan fingerprint density at radius 2 is 1.33 bits per heavy atom. The predicted molar refractivity (Wildman–Crippen MR) is 109 cm³/mol. The predicted octanol–water partition coefficient (Wildman–Crippen LogP) is 7.90. The molecule has 1 nitrogen and oxygen atoms in total. The third kappa shape index (κ3) is 15.8. The summed E-state index contributed by atoms with van der Waals surface area (Å²) >= 11 is 1.61. The van der Waals surface area contributed by atoms with Crippen LogP contribution in [0.15, 0.2) is 46.7 Å². The Morgan fingerprint density at radius 1 is 0.815 bits per heavy atom. The van der Waals surface area contributed by atoms with Gasteiger partial charge in [0, 0.05) is 11.3 Å². The highest BCUT2D eigenvalue weighted by Crippen LogP contribution is 2.23. The van der Waals surface area contributed by atoms with Crippen molar-refractivity contribution in [3.05, 3.63) is 41.8 Å². The molecule has 1 unspecified atom stereocenters. The van der Waals surface area contributed by atoms with E-state index in [2.05, 4.69) is 0 Å². The zero-order valence-corrected chi connectivity index (χ0v) is 16.9. The van der Waals surface area contributed by atoms with Gasteiger partial charge in [-0.3, -0.25) is 0 Å². The van der Waals surface area contributed by atoms with Gasteiger partial charge in [0.15, 0.2) is 0 Å². The summed E-state index contributed by atoms with van der Waals surface area (Å²) in [5, 5.41) is 11.9. The van der Waals surface area contributed by atoms with E-state index in [-0.39, 0.29) is 12.5 Å². The Hall–Kier alpha value is -0.940. The highest BCUT2D eigenvalue weighted by molar-refractivity contribution is 8.02.